The number of hydrogen-bond donors (Lipinski definition) is 2. The molecule has 1 saturated heterocycles. The van der Waals surface area contributed by atoms with Crippen LogP contribution in [0, 0.1) is 0 Å². The predicted molar refractivity (Wildman–Crippen MR) is 63.5 cm³/mol. The van der Waals surface area contributed by atoms with Crippen molar-refractivity contribution >= 4 is 5.97 Å². The Morgan fingerprint density at radius 2 is 2.47 bits per heavy atom. The zero-order valence-corrected chi connectivity index (χ0v) is 9.93. The van der Waals surface area contributed by atoms with E-state index in [-0.39, 0.29) is 6.42 Å². The van der Waals surface area contributed by atoms with E-state index in [2.05, 4.69) is 15.1 Å². The zero-order chi connectivity index (χ0) is 12.1. The van der Waals surface area contributed by atoms with Gasteiger partial charge in [-0.2, -0.15) is 5.10 Å². The van der Waals surface area contributed by atoms with E-state index < -0.39 is 5.97 Å². The molecule has 5 nitrogen and oxygen atoms in total. The highest BCUT2D eigenvalue weighted by molar-refractivity contribution is 5.66. The predicted octanol–water partition coefficient (Wildman–Crippen LogP) is 1.63. The first-order valence-corrected chi connectivity index (χ1v) is 6.20. The van der Waals surface area contributed by atoms with Gasteiger partial charge in [0, 0.05) is 30.9 Å². The SMILES string of the molecule is O=C(O)CCC1CCCCN1Cc1ccn[nH]1. The highest BCUT2D eigenvalue weighted by atomic mass is 16.4. The largest absolute Gasteiger partial charge is 0.481 e. The van der Waals surface area contributed by atoms with Crippen LogP contribution in [0.15, 0.2) is 12.3 Å². The molecule has 1 unspecified atom stereocenters. The summed E-state index contributed by atoms with van der Waals surface area (Å²) in [4.78, 5) is 13.0. The Kier molecular flexibility index (Phi) is 4.14. The summed E-state index contributed by atoms with van der Waals surface area (Å²) in [7, 11) is 0. The van der Waals surface area contributed by atoms with Crippen LogP contribution >= 0.6 is 0 Å². The summed E-state index contributed by atoms with van der Waals surface area (Å²) in [5.74, 6) is -0.697. The van der Waals surface area contributed by atoms with Gasteiger partial charge in [0.05, 0.1) is 0 Å². The van der Waals surface area contributed by atoms with E-state index in [4.69, 9.17) is 5.11 Å². The number of carboxylic acids is 1. The molecule has 2 rings (SSSR count). The average molecular weight is 237 g/mol. The third kappa shape index (κ3) is 3.56. The third-order valence-electron chi connectivity index (χ3n) is 3.37. The van der Waals surface area contributed by atoms with E-state index in [1.807, 2.05) is 6.07 Å². The van der Waals surface area contributed by atoms with Gasteiger partial charge in [0.15, 0.2) is 0 Å². The molecule has 1 aliphatic rings. The molecule has 17 heavy (non-hydrogen) atoms. The minimum Gasteiger partial charge on any atom is -0.481 e. The van der Waals surface area contributed by atoms with E-state index in [1.54, 1.807) is 6.20 Å². The molecule has 1 aromatic rings. The van der Waals surface area contributed by atoms with Crippen molar-refractivity contribution in [2.24, 2.45) is 0 Å². The van der Waals surface area contributed by atoms with Crippen molar-refractivity contribution in [1.82, 2.24) is 15.1 Å². The number of nitrogens with one attached hydrogen (secondary N) is 1. The van der Waals surface area contributed by atoms with E-state index >= 15 is 0 Å². The molecule has 94 valence electrons. The number of aromatic amines is 1. The zero-order valence-electron chi connectivity index (χ0n) is 9.93. The van der Waals surface area contributed by atoms with Crippen LogP contribution in [-0.2, 0) is 11.3 Å². The minimum atomic E-state index is -0.697. The van der Waals surface area contributed by atoms with Crippen molar-refractivity contribution in [2.75, 3.05) is 6.54 Å². The molecule has 2 N–H and O–H groups in total. The number of aromatic nitrogens is 2. The maximum absolute atomic E-state index is 10.6. The third-order valence-corrected chi connectivity index (χ3v) is 3.37. The summed E-state index contributed by atoms with van der Waals surface area (Å²) < 4.78 is 0. The van der Waals surface area contributed by atoms with Gasteiger partial charge in [0.25, 0.3) is 0 Å². The summed E-state index contributed by atoms with van der Waals surface area (Å²) >= 11 is 0. The van der Waals surface area contributed by atoms with Crippen LogP contribution in [0.2, 0.25) is 0 Å². The molecule has 0 spiro atoms. The van der Waals surface area contributed by atoms with Crippen LogP contribution in [-0.4, -0.2) is 38.8 Å². The molecular weight excluding hydrogens is 218 g/mol. The Labute approximate surface area is 101 Å². The summed E-state index contributed by atoms with van der Waals surface area (Å²) in [6.45, 7) is 1.91. The van der Waals surface area contributed by atoms with Crippen LogP contribution < -0.4 is 0 Å². The van der Waals surface area contributed by atoms with Crippen molar-refractivity contribution in [2.45, 2.75) is 44.7 Å². The van der Waals surface area contributed by atoms with E-state index in [9.17, 15) is 4.79 Å². The second-order valence-electron chi connectivity index (χ2n) is 4.63. The first-order chi connectivity index (χ1) is 8.25. The Hall–Kier alpha value is -1.36. The molecular formula is C12H19N3O2. The van der Waals surface area contributed by atoms with Crippen LogP contribution in [0.5, 0.6) is 0 Å². The van der Waals surface area contributed by atoms with Gasteiger partial charge in [0.1, 0.15) is 0 Å². The van der Waals surface area contributed by atoms with E-state index in [1.165, 1.54) is 12.8 Å². The molecule has 0 aromatic carbocycles. The number of H-pyrrole nitrogens is 1. The number of aliphatic carboxylic acids is 1. The van der Waals surface area contributed by atoms with Gasteiger partial charge in [-0.15, -0.1) is 0 Å². The Morgan fingerprint density at radius 3 is 3.18 bits per heavy atom. The van der Waals surface area contributed by atoms with Gasteiger partial charge in [-0.05, 0) is 31.9 Å². The molecule has 0 amide bonds. The van der Waals surface area contributed by atoms with Crippen molar-refractivity contribution in [1.29, 1.82) is 0 Å². The maximum Gasteiger partial charge on any atom is 0.303 e. The first-order valence-electron chi connectivity index (χ1n) is 6.20. The lowest BCUT2D eigenvalue weighted by Crippen LogP contribution is -2.39. The van der Waals surface area contributed by atoms with Gasteiger partial charge in [-0.3, -0.25) is 14.8 Å². The lowest BCUT2D eigenvalue weighted by molar-refractivity contribution is -0.137. The normalized spacial score (nSPS) is 21.5. The standard InChI is InChI=1S/C12H19N3O2/c16-12(17)5-4-11-3-1-2-8-15(11)9-10-6-7-13-14-10/h6-7,11H,1-5,8-9H2,(H,13,14)(H,16,17). The molecule has 0 bridgehead atoms. The number of carbonyl (C=O) groups is 1. The van der Waals surface area contributed by atoms with Crippen LogP contribution in [0.25, 0.3) is 0 Å². The Balaban J connectivity index is 1.89. The first kappa shape index (κ1) is 12.1. The molecule has 5 heteroatoms. The van der Waals surface area contributed by atoms with Crippen LogP contribution in [0.3, 0.4) is 0 Å². The average Bonchev–Trinajstić information content (AvgIpc) is 2.80. The molecule has 1 fully saturated rings. The summed E-state index contributed by atoms with van der Waals surface area (Å²) in [6, 6.07) is 2.38. The summed E-state index contributed by atoms with van der Waals surface area (Å²) in [6.07, 6.45) is 6.31. The fraction of sp³-hybridized carbons (Fsp3) is 0.667. The Morgan fingerprint density at radius 1 is 1.59 bits per heavy atom. The topological polar surface area (TPSA) is 69.2 Å². The van der Waals surface area contributed by atoms with Gasteiger partial charge in [-0.1, -0.05) is 6.42 Å². The number of nitrogens with zero attached hydrogens (tertiary/aromatic N) is 2. The smallest absolute Gasteiger partial charge is 0.303 e. The highest BCUT2D eigenvalue weighted by Gasteiger charge is 2.23. The fourth-order valence-corrected chi connectivity index (χ4v) is 2.48. The van der Waals surface area contributed by atoms with E-state index in [0.29, 0.717) is 6.04 Å². The maximum atomic E-state index is 10.6. The molecule has 0 saturated carbocycles. The molecule has 2 heterocycles. The van der Waals surface area contributed by atoms with Crippen molar-refractivity contribution in [3.63, 3.8) is 0 Å². The lowest BCUT2D eigenvalue weighted by Gasteiger charge is -2.35. The number of rotatable bonds is 5. The molecule has 1 aromatic heterocycles. The number of hydrogen-bond acceptors (Lipinski definition) is 3. The van der Waals surface area contributed by atoms with Gasteiger partial charge >= 0.3 is 5.97 Å². The quantitative estimate of drug-likeness (QED) is 0.816. The molecule has 1 atom stereocenters. The summed E-state index contributed by atoms with van der Waals surface area (Å²) in [5, 5.41) is 15.7. The van der Waals surface area contributed by atoms with Gasteiger partial charge in [-0.25, -0.2) is 0 Å². The number of carboxylic acid groups (broad SMARTS) is 1. The molecule has 1 aliphatic heterocycles. The second-order valence-corrected chi connectivity index (χ2v) is 4.63. The molecule has 0 radical (unpaired) electrons. The monoisotopic (exact) mass is 237 g/mol. The summed E-state index contributed by atoms with van der Waals surface area (Å²) in [5.41, 5.74) is 1.10. The molecule has 0 aliphatic carbocycles. The second kappa shape index (κ2) is 5.82. The number of piperidine rings is 1. The van der Waals surface area contributed by atoms with Gasteiger partial charge < -0.3 is 5.11 Å². The van der Waals surface area contributed by atoms with Crippen molar-refractivity contribution < 1.29 is 9.90 Å². The highest BCUT2D eigenvalue weighted by Crippen LogP contribution is 2.22. The van der Waals surface area contributed by atoms with Crippen molar-refractivity contribution in [3.05, 3.63) is 18.0 Å². The fourth-order valence-electron chi connectivity index (χ4n) is 2.48. The van der Waals surface area contributed by atoms with Crippen molar-refractivity contribution in [3.8, 4) is 0 Å². The van der Waals surface area contributed by atoms with Crippen LogP contribution in [0.1, 0.15) is 37.8 Å². The number of likely N-dealkylation sites (tertiary alicyclic amines) is 1. The van der Waals surface area contributed by atoms with Crippen LogP contribution in [0.4, 0.5) is 0 Å². The minimum absolute atomic E-state index is 0.268. The van der Waals surface area contributed by atoms with Gasteiger partial charge in [0.2, 0.25) is 0 Å². The Bertz CT molecular complexity index is 351. The lowest BCUT2D eigenvalue weighted by atomic mass is 9.98. The van der Waals surface area contributed by atoms with E-state index in [0.717, 1.165) is 31.6 Å².